The lowest BCUT2D eigenvalue weighted by Crippen LogP contribution is -2.27. The second kappa shape index (κ2) is 8.61. The van der Waals surface area contributed by atoms with Crippen molar-refractivity contribution in [3.05, 3.63) is 39.9 Å². The fourth-order valence-corrected chi connectivity index (χ4v) is 1.98. The van der Waals surface area contributed by atoms with Gasteiger partial charge in [-0.3, -0.25) is 10.1 Å². The first kappa shape index (κ1) is 15.6. The van der Waals surface area contributed by atoms with Crippen molar-refractivity contribution in [2.75, 3.05) is 26.2 Å². The molecule has 0 fully saturated rings. The summed E-state index contributed by atoms with van der Waals surface area (Å²) in [5.41, 5.74) is 1.11. The van der Waals surface area contributed by atoms with Crippen LogP contribution in [0.1, 0.15) is 25.8 Å². The maximum atomic E-state index is 10.7. The van der Waals surface area contributed by atoms with Gasteiger partial charge in [0.05, 0.1) is 4.92 Å². The first-order chi connectivity index (χ1) is 9.17. The van der Waals surface area contributed by atoms with Crippen LogP contribution in [0.3, 0.4) is 0 Å². The summed E-state index contributed by atoms with van der Waals surface area (Å²) in [7, 11) is 0. The molecule has 1 aromatic carbocycles. The molecular weight excluding hydrogens is 242 g/mol. The van der Waals surface area contributed by atoms with Crippen molar-refractivity contribution in [3.63, 3.8) is 0 Å². The third-order valence-electron chi connectivity index (χ3n) is 3.17. The molecule has 0 spiro atoms. The number of hydrogen-bond donors (Lipinski definition) is 1. The van der Waals surface area contributed by atoms with Crippen LogP contribution in [0.4, 0.5) is 5.69 Å². The molecule has 0 atom stereocenters. The summed E-state index contributed by atoms with van der Waals surface area (Å²) < 4.78 is 0. The number of non-ortho nitro benzene ring substituents is 1. The molecule has 0 amide bonds. The molecule has 1 aromatic rings. The molecule has 5 heteroatoms. The molecule has 0 saturated carbocycles. The minimum atomic E-state index is -0.357. The molecule has 106 valence electrons. The van der Waals surface area contributed by atoms with E-state index < -0.39 is 0 Å². The quantitative estimate of drug-likeness (QED) is 0.423. The molecule has 1 N–H and O–H groups in total. The zero-order valence-electron chi connectivity index (χ0n) is 11.8. The lowest BCUT2D eigenvalue weighted by Gasteiger charge is -2.17. The largest absolute Gasteiger partial charge is 0.313 e. The zero-order chi connectivity index (χ0) is 14.1. The maximum absolute atomic E-state index is 10.7. The average Bonchev–Trinajstić information content (AvgIpc) is 2.43. The van der Waals surface area contributed by atoms with E-state index in [1.165, 1.54) is 6.07 Å². The van der Waals surface area contributed by atoms with Crippen molar-refractivity contribution in [2.24, 2.45) is 0 Å². The van der Waals surface area contributed by atoms with Crippen LogP contribution >= 0.6 is 0 Å². The second-order valence-corrected chi connectivity index (χ2v) is 4.48. The molecule has 0 radical (unpaired) electrons. The summed E-state index contributed by atoms with van der Waals surface area (Å²) in [5, 5.41) is 14.0. The average molecular weight is 265 g/mol. The van der Waals surface area contributed by atoms with Crippen LogP contribution in [0.5, 0.6) is 0 Å². The van der Waals surface area contributed by atoms with E-state index in [4.69, 9.17) is 0 Å². The third kappa shape index (κ3) is 5.81. The number of hydrogen-bond acceptors (Lipinski definition) is 4. The van der Waals surface area contributed by atoms with E-state index in [9.17, 15) is 10.1 Å². The highest BCUT2D eigenvalue weighted by molar-refractivity contribution is 5.34. The van der Waals surface area contributed by atoms with Gasteiger partial charge < -0.3 is 10.2 Å². The Morgan fingerprint density at radius 2 is 2.05 bits per heavy atom. The van der Waals surface area contributed by atoms with Gasteiger partial charge in [-0.25, -0.2) is 0 Å². The van der Waals surface area contributed by atoms with Crippen LogP contribution < -0.4 is 5.32 Å². The Labute approximate surface area is 114 Å². The topological polar surface area (TPSA) is 58.4 Å². The molecule has 19 heavy (non-hydrogen) atoms. The van der Waals surface area contributed by atoms with E-state index in [2.05, 4.69) is 24.1 Å². The Bertz CT molecular complexity index is 392. The highest BCUT2D eigenvalue weighted by Gasteiger charge is 2.05. The summed E-state index contributed by atoms with van der Waals surface area (Å²) in [6.45, 7) is 9.21. The molecule has 0 bridgehead atoms. The van der Waals surface area contributed by atoms with Gasteiger partial charge in [-0.1, -0.05) is 26.0 Å². The van der Waals surface area contributed by atoms with Crippen molar-refractivity contribution >= 4 is 5.69 Å². The lowest BCUT2D eigenvalue weighted by atomic mass is 10.2. The van der Waals surface area contributed by atoms with E-state index in [0.717, 1.165) is 38.2 Å². The fourth-order valence-electron chi connectivity index (χ4n) is 1.98. The van der Waals surface area contributed by atoms with Gasteiger partial charge in [-0.05, 0) is 38.2 Å². The Kier molecular flexibility index (Phi) is 7.07. The monoisotopic (exact) mass is 265 g/mol. The molecule has 5 nitrogen and oxygen atoms in total. The van der Waals surface area contributed by atoms with Crippen LogP contribution in [0.25, 0.3) is 0 Å². The van der Waals surface area contributed by atoms with Gasteiger partial charge >= 0.3 is 0 Å². The van der Waals surface area contributed by atoms with Gasteiger partial charge in [0, 0.05) is 18.7 Å². The van der Waals surface area contributed by atoms with Gasteiger partial charge in [-0.2, -0.15) is 0 Å². The van der Waals surface area contributed by atoms with Crippen LogP contribution in [-0.2, 0) is 6.54 Å². The predicted molar refractivity (Wildman–Crippen MR) is 77.2 cm³/mol. The summed E-state index contributed by atoms with van der Waals surface area (Å²) >= 11 is 0. The van der Waals surface area contributed by atoms with E-state index in [1.54, 1.807) is 12.1 Å². The minimum absolute atomic E-state index is 0.155. The second-order valence-electron chi connectivity index (χ2n) is 4.48. The summed E-state index contributed by atoms with van der Waals surface area (Å²) in [6, 6.07) is 6.77. The molecule has 0 unspecified atom stereocenters. The Morgan fingerprint density at radius 3 is 2.68 bits per heavy atom. The molecule has 0 aliphatic rings. The van der Waals surface area contributed by atoms with Crippen molar-refractivity contribution in [1.82, 2.24) is 10.2 Å². The van der Waals surface area contributed by atoms with E-state index in [0.29, 0.717) is 6.54 Å². The number of nitrogens with one attached hydrogen (secondary N) is 1. The van der Waals surface area contributed by atoms with Crippen LogP contribution in [0, 0.1) is 10.1 Å². The molecule has 0 aliphatic heterocycles. The third-order valence-corrected chi connectivity index (χ3v) is 3.17. The van der Waals surface area contributed by atoms with Gasteiger partial charge in [0.15, 0.2) is 0 Å². The normalized spacial score (nSPS) is 10.9. The summed E-state index contributed by atoms with van der Waals surface area (Å²) in [6.07, 6.45) is 1.09. The smallest absolute Gasteiger partial charge is 0.269 e. The van der Waals surface area contributed by atoms with E-state index in [-0.39, 0.29) is 10.6 Å². The molecule has 0 aliphatic carbocycles. The molecular formula is C14H23N3O2. The zero-order valence-corrected chi connectivity index (χ0v) is 11.8. The summed E-state index contributed by atoms with van der Waals surface area (Å²) in [4.78, 5) is 12.7. The van der Waals surface area contributed by atoms with Gasteiger partial charge in [-0.15, -0.1) is 0 Å². The van der Waals surface area contributed by atoms with Crippen LogP contribution in [0.2, 0.25) is 0 Å². The van der Waals surface area contributed by atoms with E-state index in [1.807, 2.05) is 6.07 Å². The number of nitrogens with zero attached hydrogens (tertiary/aromatic N) is 2. The van der Waals surface area contributed by atoms with Gasteiger partial charge in [0.1, 0.15) is 0 Å². The maximum Gasteiger partial charge on any atom is 0.269 e. The van der Waals surface area contributed by atoms with Crippen molar-refractivity contribution in [3.8, 4) is 0 Å². The van der Waals surface area contributed by atoms with Crippen molar-refractivity contribution in [2.45, 2.75) is 26.8 Å². The lowest BCUT2D eigenvalue weighted by molar-refractivity contribution is -0.384. The Morgan fingerprint density at radius 1 is 1.32 bits per heavy atom. The number of nitro groups is 1. The molecule has 1 rings (SSSR count). The standard InChI is InChI=1S/C14H23N3O2/c1-3-16(4-2)10-6-9-15-12-13-7-5-8-14(11-13)17(18)19/h5,7-8,11,15H,3-4,6,9-10,12H2,1-2H3. The van der Waals surface area contributed by atoms with Crippen LogP contribution in [0.15, 0.2) is 24.3 Å². The van der Waals surface area contributed by atoms with Crippen molar-refractivity contribution < 1.29 is 4.92 Å². The van der Waals surface area contributed by atoms with Crippen molar-refractivity contribution in [1.29, 1.82) is 0 Å². The Balaban J connectivity index is 2.26. The molecule has 0 aromatic heterocycles. The molecule has 0 saturated heterocycles. The van der Waals surface area contributed by atoms with Gasteiger partial charge in [0.25, 0.3) is 5.69 Å². The molecule has 0 heterocycles. The Hall–Kier alpha value is -1.46. The SMILES string of the molecule is CCN(CC)CCCNCc1cccc([N+](=O)[O-])c1. The first-order valence-electron chi connectivity index (χ1n) is 6.83. The van der Waals surface area contributed by atoms with E-state index >= 15 is 0 Å². The number of nitro benzene ring substituents is 1. The fraction of sp³-hybridized carbons (Fsp3) is 0.571. The van der Waals surface area contributed by atoms with Crippen LogP contribution in [-0.4, -0.2) is 36.0 Å². The number of rotatable bonds is 9. The predicted octanol–water partition coefficient (Wildman–Crippen LogP) is 2.42. The minimum Gasteiger partial charge on any atom is -0.313 e. The first-order valence-corrected chi connectivity index (χ1v) is 6.83. The highest BCUT2D eigenvalue weighted by Crippen LogP contribution is 2.12. The summed E-state index contributed by atoms with van der Waals surface area (Å²) in [5.74, 6) is 0. The number of benzene rings is 1. The van der Waals surface area contributed by atoms with Gasteiger partial charge in [0.2, 0.25) is 0 Å². The highest BCUT2D eigenvalue weighted by atomic mass is 16.6.